The Labute approximate surface area is 126 Å². The molecule has 0 aliphatic heterocycles. The fraction of sp³-hybridized carbons (Fsp3) is 0.200. The van der Waals surface area contributed by atoms with E-state index in [-0.39, 0.29) is 0 Å². The van der Waals surface area contributed by atoms with Crippen LogP contribution in [0.5, 0.6) is 11.5 Å². The third kappa shape index (κ3) is 3.50. The van der Waals surface area contributed by atoms with Gasteiger partial charge in [-0.1, -0.05) is 27.5 Å². The van der Waals surface area contributed by atoms with Crippen molar-refractivity contribution in [3.05, 3.63) is 57.0 Å². The fourth-order valence-corrected chi connectivity index (χ4v) is 2.24. The van der Waals surface area contributed by atoms with Crippen LogP contribution in [0.4, 0.5) is 0 Å². The largest absolute Gasteiger partial charge is 0.457 e. The maximum atomic E-state index is 9.78. The quantitative estimate of drug-likeness (QED) is 0.825. The molecule has 100 valence electrons. The van der Waals surface area contributed by atoms with Gasteiger partial charge in [-0.05, 0) is 55.8 Å². The number of halogens is 2. The van der Waals surface area contributed by atoms with E-state index in [2.05, 4.69) is 15.9 Å². The Kier molecular flexibility index (Phi) is 4.50. The Balaban J connectivity index is 2.35. The van der Waals surface area contributed by atoms with E-state index in [0.717, 1.165) is 15.6 Å². The van der Waals surface area contributed by atoms with Crippen molar-refractivity contribution in [1.82, 2.24) is 0 Å². The van der Waals surface area contributed by atoms with Gasteiger partial charge in [0.2, 0.25) is 0 Å². The SMILES string of the molecule is Cc1cc(Oc2ccc(Br)cc2C(C)O)ccc1Cl. The van der Waals surface area contributed by atoms with Gasteiger partial charge in [0.1, 0.15) is 11.5 Å². The normalized spacial score (nSPS) is 12.3. The van der Waals surface area contributed by atoms with Gasteiger partial charge in [-0.15, -0.1) is 0 Å². The molecule has 4 heteroatoms. The monoisotopic (exact) mass is 340 g/mol. The molecular formula is C15H14BrClO2. The average molecular weight is 342 g/mol. The van der Waals surface area contributed by atoms with Crippen LogP contribution in [0.15, 0.2) is 40.9 Å². The second kappa shape index (κ2) is 5.95. The lowest BCUT2D eigenvalue weighted by atomic mass is 10.1. The van der Waals surface area contributed by atoms with Gasteiger partial charge < -0.3 is 9.84 Å². The summed E-state index contributed by atoms with van der Waals surface area (Å²) in [5, 5.41) is 10.5. The summed E-state index contributed by atoms with van der Waals surface area (Å²) in [7, 11) is 0. The average Bonchev–Trinajstić information content (AvgIpc) is 2.36. The van der Waals surface area contributed by atoms with E-state index in [1.165, 1.54) is 0 Å². The Morgan fingerprint density at radius 1 is 1.21 bits per heavy atom. The van der Waals surface area contributed by atoms with E-state index in [9.17, 15) is 5.11 Å². The van der Waals surface area contributed by atoms with E-state index in [1.807, 2.05) is 37.3 Å². The number of ether oxygens (including phenoxy) is 1. The second-order valence-corrected chi connectivity index (χ2v) is 5.69. The molecule has 0 heterocycles. The molecule has 1 N–H and O–H groups in total. The van der Waals surface area contributed by atoms with Crippen molar-refractivity contribution in [1.29, 1.82) is 0 Å². The van der Waals surface area contributed by atoms with Crippen LogP contribution >= 0.6 is 27.5 Å². The molecule has 0 aromatic heterocycles. The molecule has 0 saturated heterocycles. The van der Waals surface area contributed by atoms with Gasteiger partial charge in [0.05, 0.1) is 6.10 Å². The van der Waals surface area contributed by atoms with Crippen molar-refractivity contribution in [2.24, 2.45) is 0 Å². The predicted molar refractivity (Wildman–Crippen MR) is 81.0 cm³/mol. The first-order chi connectivity index (χ1) is 8.97. The minimum absolute atomic E-state index is 0.596. The van der Waals surface area contributed by atoms with Crippen molar-refractivity contribution in [2.45, 2.75) is 20.0 Å². The molecule has 0 aliphatic rings. The predicted octanol–water partition coefficient (Wildman–Crippen LogP) is 5.26. The number of rotatable bonds is 3. The Hall–Kier alpha value is -1.03. The van der Waals surface area contributed by atoms with Crippen molar-refractivity contribution in [2.75, 3.05) is 0 Å². The van der Waals surface area contributed by atoms with Crippen LogP contribution in [-0.4, -0.2) is 5.11 Å². The first kappa shape index (κ1) is 14.4. The Bertz CT molecular complexity index is 597. The highest BCUT2D eigenvalue weighted by Gasteiger charge is 2.11. The molecule has 2 rings (SSSR count). The first-order valence-corrected chi connectivity index (χ1v) is 7.06. The molecule has 0 amide bonds. The highest BCUT2D eigenvalue weighted by molar-refractivity contribution is 9.10. The number of aliphatic hydroxyl groups excluding tert-OH is 1. The van der Waals surface area contributed by atoms with Gasteiger partial charge in [-0.3, -0.25) is 0 Å². The summed E-state index contributed by atoms with van der Waals surface area (Å²) in [5.41, 5.74) is 1.69. The molecule has 1 atom stereocenters. The van der Waals surface area contributed by atoms with Crippen LogP contribution in [0, 0.1) is 6.92 Å². The molecule has 0 radical (unpaired) electrons. The van der Waals surface area contributed by atoms with E-state index >= 15 is 0 Å². The smallest absolute Gasteiger partial charge is 0.133 e. The highest BCUT2D eigenvalue weighted by atomic mass is 79.9. The Morgan fingerprint density at radius 3 is 2.58 bits per heavy atom. The topological polar surface area (TPSA) is 29.5 Å². The molecule has 19 heavy (non-hydrogen) atoms. The molecule has 0 saturated carbocycles. The molecule has 0 aliphatic carbocycles. The summed E-state index contributed by atoms with van der Waals surface area (Å²) in [4.78, 5) is 0. The minimum Gasteiger partial charge on any atom is -0.457 e. The summed E-state index contributed by atoms with van der Waals surface area (Å²) >= 11 is 9.37. The first-order valence-electron chi connectivity index (χ1n) is 5.89. The standard InChI is InChI=1S/C15H14BrClO2/c1-9-7-12(4-5-14(9)17)19-15-6-3-11(16)8-13(15)10(2)18/h3-8,10,18H,1-2H3. The summed E-state index contributed by atoms with van der Waals surface area (Å²) in [6.45, 7) is 3.63. The van der Waals surface area contributed by atoms with E-state index in [0.29, 0.717) is 16.5 Å². The molecule has 2 aromatic rings. The van der Waals surface area contributed by atoms with Crippen LogP contribution in [0.25, 0.3) is 0 Å². The number of hydrogen-bond donors (Lipinski definition) is 1. The summed E-state index contributed by atoms with van der Waals surface area (Å²) in [6.07, 6.45) is -0.596. The number of benzene rings is 2. The van der Waals surface area contributed by atoms with Gasteiger partial charge >= 0.3 is 0 Å². The molecule has 1 unspecified atom stereocenters. The second-order valence-electron chi connectivity index (χ2n) is 4.37. The van der Waals surface area contributed by atoms with Crippen LogP contribution in [0.2, 0.25) is 5.02 Å². The third-order valence-electron chi connectivity index (χ3n) is 2.78. The zero-order chi connectivity index (χ0) is 14.0. The van der Waals surface area contributed by atoms with Crippen molar-refractivity contribution < 1.29 is 9.84 Å². The summed E-state index contributed by atoms with van der Waals surface area (Å²) < 4.78 is 6.73. The summed E-state index contributed by atoms with van der Waals surface area (Å²) in [6, 6.07) is 11.0. The molecule has 2 nitrogen and oxygen atoms in total. The maximum absolute atomic E-state index is 9.78. The van der Waals surface area contributed by atoms with Crippen LogP contribution in [0.3, 0.4) is 0 Å². The van der Waals surface area contributed by atoms with E-state index < -0.39 is 6.10 Å². The van der Waals surface area contributed by atoms with Gasteiger partial charge in [0.15, 0.2) is 0 Å². The lowest BCUT2D eigenvalue weighted by Crippen LogP contribution is -1.96. The molecule has 2 aromatic carbocycles. The molecular weight excluding hydrogens is 328 g/mol. The van der Waals surface area contributed by atoms with E-state index in [1.54, 1.807) is 13.0 Å². The lowest BCUT2D eigenvalue weighted by Gasteiger charge is -2.14. The van der Waals surface area contributed by atoms with Gasteiger partial charge in [0, 0.05) is 15.1 Å². The molecule has 0 fully saturated rings. The minimum atomic E-state index is -0.596. The summed E-state index contributed by atoms with van der Waals surface area (Å²) in [5.74, 6) is 1.34. The Morgan fingerprint density at radius 2 is 1.95 bits per heavy atom. The zero-order valence-corrected chi connectivity index (χ0v) is 13.0. The van der Waals surface area contributed by atoms with Crippen LogP contribution < -0.4 is 4.74 Å². The highest BCUT2D eigenvalue weighted by Crippen LogP contribution is 2.33. The number of hydrogen-bond acceptors (Lipinski definition) is 2. The number of aryl methyl sites for hydroxylation is 1. The molecule has 0 spiro atoms. The van der Waals surface area contributed by atoms with Crippen molar-refractivity contribution in [3.63, 3.8) is 0 Å². The third-order valence-corrected chi connectivity index (χ3v) is 3.70. The lowest BCUT2D eigenvalue weighted by molar-refractivity contribution is 0.195. The van der Waals surface area contributed by atoms with Gasteiger partial charge in [0.25, 0.3) is 0 Å². The number of aliphatic hydroxyl groups is 1. The molecule has 0 bridgehead atoms. The van der Waals surface area contributed by atoms with Crippen molar-refractivity contribution >= 4 is 27.5 Å². The van der Waals surface area contributed by atoms with Crippen LogP contribution in [-0.2, 0) is 0 Å². The zero-order valence-electron chi connectivity index (χ0n) is 10.7. The van der Waals surface area contributed by atoms with Crippen molar-refractivity contribution in [3.8, 4) is 11.5 Å². The van der Waals surface area contributed by atoms with Gasteiger partial charge in [-0.25, -0.2) is 0 Å². The van der Waals surface area contributed by atoms with E-state index in [4.69, 9.17) is 16.3 Å². The fourth-order valence-electron chi connectivity index (χ4n) is 1.75. The maximum Gasteiger partial charge on any atom is 0.133 e. The van der Waals surface area contributed by atoms with Crippen LogP contribution in [0.1, 0.15) is 24.2 Å². The van der Waals surface area contributed by atoms with Gasteiger partial charge in [-0.2, -0.15) is 0 Å².